The fourth-order valence-electron chi connectivity index (χ4n) is 6.29. The van der Waals surface area contributed by atoms with E-state index in [1.807, 2.05) is 60.7 Å². The third kappa shape index (κ3) is 8.31. The first-order chi connectivity index (χ1) is 25.1. The molecule has 268 valence electrons. The summed E-state index contributed by atoms with van der Waals surface area (Å²) in [4.78, 5) is 29.8. The predicted octanol–water partition coefficient (Wildman–Crippen LogP) is 7.64. The van der Waals surface area contributed by atoms with Gasteiger partial charge >= 0.3 is 12.1 Å². The lowest BCUT2D eigenvalue weighted by atomic mass is 10.0. The van der Waals surface area contributed by atoms with Crippen LogP contribution in [0, 0.1) is 0 Å². The monoisotopic (exact) mass is 710 g/mol. The molecule has 52 heavy (non-hydrogen) atoms. The predicted molar refractivity (Wildman–Crippen MR) is 188 cm³/mol. The van der Waals surface area contributed by atoms with E-state index in [-0.39, 0.29) is 61.2 Å². The fraction of sp³-hybridized carbons (Fsp3) is 0.220. The summed E-state index contributed by atoms with van der Waals surface area (Å²) < 4.78 is 61.8. The third-order valence-corrected chi connectivity index (χ3v) is 8.81. The van der Waals surface area contributed by atoms with Crippen LogP contribution in [0.3, 0.4) is 0 Å². The first-order valence-corrected chi connectivity index (χ1v) is 16.7. The lowest BCUT2D eigenvalue weighted by Gasteiger charge is -2.33. The van der Waals surface area contributed by atoms with Crippen molar-refractivity contribution in [3.63, 3.8) is 0 Å². The molecule has 0 aromatic heterocycles. The molecule has 1 aliphatic heterocycles. The van der Waals surface area contributed by atoms with E-state index in [1.54, 1.807) is 42.5 Å². The second-order valence-electron chi connectivity index (χ2n) is 12.3. The molecule has 1 heterocycles. The molecule has 1 N–H and O–H groups in total. The van der Waals surface area contributed by atoms with Gasteiger partial charge < -0.3 is 24.2 Å². The van der Waals surface area contributed by atoms with Gasteiger partial charge in [0, 0.05) is 18.5 Å². The summed E-state index contributed by atoms with van der Waals surface area (Å²) in [5.41, 5.74) is 3.14. The van der Waals surface area contributed by atoms with Crippen LogP contribution in [0.4, 0.5) is 13.2 Å². The number of rotatable bonds is 13. The summed E-state index contributed by atoms with van der Waals surface area (Å²) in [5, 5.41) is 9.79. The highest BCUT2D eigenvalue weighted by atomic mass is 19.4. The molecule has 2 atom stereocenters. The van der Waals surface area contributed by atoms with Gasteiger partial charge in [0.15, 0.2) is 11.5 Å². The molecule has 1 saturated heterocycles. The number of carbonyl (C=O) groups excluding carboxylic acids is 2. The number of hydrogen-bond donors (Lipinski definition) is 1. The van der Waals surface area contributed by atoms with Gasteiger partial charge in [-0.2, -0.15) is 13.2 Å². The number of carbonyl (C=O) groups is 2. The Balaban J connectivity index is 1.48. The van der Waals surface area contributed by atoms with Crippen LogP contribution in [0.1, 0.15) is 34.0 Å². The summed E-state index contributed by atoms with van der Waals surface area (Å²) >= 11 is 0. The first-order valence-electron chi connectivity index (χ1n) is 16.7. The van der Waals surface area contributed by atoms with Gasteiger partial charge in [0.2, 0.25) is 11.7 Å². The van der Waals surface area contributed by atoms with Crippen LogP contribution in [0.15, 0.2) is 127 Å². The lowest BCUT2D eigenvalue weighted by Crippen LogP contribution is -2.47. The van der Waals surface area contributed by atoms with E-state index in [4.69, 9.17) is 14.2 Å². The normalized spacial score (nSPS) is 15.8. The minimum atomic E-state index is -5.29. The molecule has 1 fully saturated rings. The molecule has 8 nitrogen and oxygen atoms in total. The molecule has 1 aliphatic rings. The summed E-state index contributed by atoms with van der Waals surface area (Å²) in [6, 6.07) is 35.1. The van der Waals surface area contributed by atoms with Gasteiger partial charge in [-0.1, -0.05) is 103 Å². The average molecular weight is 711 g/mol. The van der Waals surface area contributed by atoms with Crippen LogP contribution in [0.5, 0.6) is 23.0 Å². The average Bonchev–Trinajstić information content (AvgIpc) is 3.42. The molecule has 2 amide bonds. The maximum atomic E-state index is 14.5. The minimum absolute atomic E-state index is 0.0341. The second-order valence-corrected chi connectivity index (χ2v) is 12.3. The maximum absolute atomic E-state index is 14.5. The number of halogens is 3. The van der Waals surface area contributed by atoms with Crippen molar-refractivity contribution in [3.05, 3.63) is 155 Å². The van der Waals surface area contributed by atoms with Gasteiger partial charge in [-0.15, -0.1) is 0 Å². The Morgan fingerprint density at radius 1 is 0.731 bits per heavy atom. The first kappa shape index (κ1) is 35.8. The van der Waals surface area contributed by atoms with Crippen LogP contribution >= 0.6 is 0 Å². The Bertz CT molecular complexity index is 1890. The zero-order chi connectivity index (χ0) is 36.7. The van der Waals surface area contributed by atoms with Crippen molar-refractivity contribution in [3.8, 4) is 23.0 Å². The number of phenolic OH excluding ortho intramolecular Hbond substituents is 1. The molecule has 6 rings (SSSR count). The van der Waals surface area contributed by atoms with Crippen LogP contribution in [0.2, 0.25) is 0 Å². The number of nitrogens with zero attached hydrogens (tertiary/aromatic N) is 2. The van der Waals surface area contributed by atoms with Crippen molar-refractivity contribution in [2.75, 3.05) is 13.7 Å². The Labute approximate surface area is 299 Å². The smallest absolute Gasteiger partial charge is 0.471 e. The van der Waals surface area contributed by atoms with Crippen molar-refractivity contribution in [1.29, 1.82) is 0 Å². The number of ether oxygens (including phenoxy) is 3. The molecule has 5 aromatic rings. The maximum Gasteiger partial charge on any atom is 0.471 e. The number of benzene rings is 5. The van der Waals surface area contributed by atoms with E-state index in [0.717, 1.165) is 16.7 Å². The largest absolute Gasteiger partial charge is 0.508 e. The minimum Gasteiger partial charge on any atom is -0.508 e. The summed E-state index contributed by atoms with van der Waals surface area (Å²) in [7, 11) is 1.43. The van der Waals surface area contributed by atoms with Crippen molar-refractivity contribution in [1.82, 2.24) is 9.80 Å². The third-order valence-electron chi connectivity index (χ3n) is 8.81. The van der Waals surface area contributed by atoms with Gasteiger partial charge in [0.05, 0.1) is 7.11 Å². The summed E-state index contributed by atoms with van der Waals surface area (Å²) in [5.74, 6) is -2.22. The molecule has 0 unspecified atom stereocenters. The molecular weight excluding hydrogens is 673 g/mol. The summed E-state index contributed by atoms with van der Waals surface area (Å²) in [6.07, 6.45) is -6.68. The topological polar surface area (TPSA) is 88.5 Å². The van der Waals surface area contributed by atoms with Crippen molar-refractivity contribution >= 4 is 11.8 Å². The molecule has 0 aliphatic carbocycles. The number of phenols is 1. The Morgan fingerprint density at radius 3 is 1.71 bits per heavy atom. The molecule has 0 saturated carbocycles. The van der Waals surface area contributed by atoms with Crippen LogP contribution in [-0.2, 0) is 35.6 Å². The highest BCUT2D eigenvalue weighted by molar-refractivity contribution is 5.94. The number of amides is 2. The molecule has 11 heteroatoms. The van der Waals surface area contributed by atoms with Crippen molar-refractivity contribution < 1.29 is 42.1 Å². The van der Waals surface area contributed by atoms with Crippen molar-refractivity contribution in [2.45, 2.75) is 44.4 Å². The van der Waals surface area contributed by atoms with E-state index in [0.29, 0.717) is 10.5 Å². The second kappa shape index (κ2) is 15.9. The van der Waals surface area contributed by atoms with Crippen LogP contribution < -0.4 is 14.2 Å². The number of hydrogen-bond acceptors (Lipinski definition) is 6. The lowest BCUT2D eigenvalue weighted by molar-refractivity contribution is -0.190. The van der Waals surface area contributed by atoms with E-state index in [2.05, 4.69) is 0 Å². The molecule has 0 spiro atoms. The van der Waals surface area contributed by atoms with E-state index in [9.17, 15) is 27.9 Å². The number of methoxy groups -OCH3 is 1. The van der Waals surface area contributed by atoms with Gasteiger partial charge in [0.25, 0.3) is 0 Å². The Kier molecular flexibility index (Phi) is 11.0. The molecule has 5 aromatic carbocycles. The Hall–Kier alpha value is -5.97. The number of aromatic hydroxyl groups is 1. The van der Waals surface area contributed by atoms with Crippen molar-refractivity contribution in [2.24, 2.45) is 0 Å². The highest BCUT2D eigenvalue weighted by Gasteiger charge is 2.56. The zero-order valence-corrected chi connectivity index (χ0v) is 28.3. The highest BCUT2D eigenvalue weighted by Crippen LogP contribution is 2.46. The number of alkyl halides is 3. The van der Waals surface area contributed by atoms with Gasteiger partial charge in [-0.3, -0.25) is 14.5 Å². The Morgan fingerprint density at radius 2 is 1.23 bits per heavy atom. The van der Waals surface area contributed by atoms with Crippen LogP contribution in [-0.4, -0.2) is 52.6 Å². The van der Waals surface area contributed by atoms with Gasteiger partial charge in [-0.25, -0.2) is 0 Å². The fourth-order valence-corrected chi connectivity index (χ4v) is 6.29. The molecule has 0 radical (unpaired) electrons. The van der Waals surface area contributed by atoms with E-state index in [1.165, 1.54) is 36.3 Å². The molecular formula is C41H37F3N2O6. The summed E-state index contributed by atoms with van der Waals surface area (Å²) in [6.45, 7) is 0.150. The van der Waals surface area contributed by atoms with Crippen LogP contribution in [0.25, 0.3) is 0 Å². The van der Waals surface area contributed by atoms with Gasteiger partial charge in [0.1, 0.15) is 31.2 Å². The zero-order valence-electron chi connectivity index (χ0n) is 28.3. The molecule has 0 bridgehead atoms. The quantitative estimate of drug-likeness (QED) is 0.135. The van der Waals surface area contributed by atoms with E-state index >= 15 is 0 Å². The van der Waals surface area contributed by atoms with E-state index < -0.39 is 30.2 Å². The SMILES string of the molecule is COc1c(OCc2ccccc2)cc([C@@H]2N(CCc3ccc(O)cc3)C(=O)[C@@H](Cc3ccccc3)N2C(=O)C(F)(F)F)cc1OCc1ccccc1. The van der Waals surface area contributed by atoms with Gasteiger partial charge in [-0.05, 0) is 52.9 Å². The standard InChI is InChI=1S/C41H37F3N2O6/c1-50-37-35(51-26-30-13-7-3-8-14-30)24-32(25-36(37)52-27-31-15-9-4-10-16-31)38-45(22-21-28-17-19-33(47)20-18-28)39(48)34(23-29-11-5-2-6-12-29)46(38)40(49)41(42,43)44/h2-20,24-25,34,38,47H,21-23,26-27H2,1H3/t34-,38-/m1/s1.